The fourth-order valence-electron chi connectivity index (χ4n) is 3.02. The van der Waals surface area contributed by atoms with Gasteiger partial charge in [0.1, 0.15) is 0 Å². The molecule has 3 rings (SSSR count). The minimum atomic E-state index is 0.0469. The highest BCUT2D eigenvalue weighted by molar-refractivity contribution is 5.04. The molecule has 4 nitrogen and oxygen atoms in total. The van der Waals surface area contributed by atoms with Crippen LogP contribution in [0, 0.1) is 0 Å². The zero-order valence-corrected chi connectivity index (χ0v) is 10.8. The van der Waals surface area contributed by atoms with Gasteiger partial charge in [-0.25, -0.2) is 0 Å². The number of aromatic nitrogens is 1. The Labute approximate surface area is 108 Å². The Morgan fingerprint density at radius 3 is 3.22 bits per heavy atom. The number of morpholine rings is 1. The topological polar surface area (TPSA) is 37.4 Å². The van der Waals surface area contributed by atoms with Gasteiger partial charge in [0.05, 0.1) is 17.9 Å². The van der Waals surface area contributed by atoms with Gasteiger partial charge in [0, 0.05) is 32.4 Å². The fourth-order valence-corrected chi connectivity index (χ4v) is 3.02. The summed E-state index contributed by atoms with van der Waals surface area (Å²) in [6, 6.07) is 6.12. The summed E-state index contributed by atoms with van der Waals surface area (Å²) in [6.45, 7) is 5.94. The van der Waals surface area contributed by atoms with Gasteiger partial charge in [0.2, 0.25) is 0 Å². The number of likely N-dealkylation sites (tertiary alicyclic amines) is 1. The average Bonchev–Trinajstić information content (AvgIpc) is 2.41. The van der Waals surface area contributed by atoms with Gasteiger partial charge in [-0.2, -0.15) is 0 Å². The van der Waals surface area contributed by atoms with E-state index in [9.17, 15) is 0 Å². The van der Waals surface area contributed by atoms with Crippen molar-refractivity contribution in [1.29, 1.82) is 0 Å². The monoisotopic (exact) mass is 247 g/mol. The molecule has 2 fully saturated rings. The molecule has 1 atom stereocenters. The summed E-state index contributed by atoms with van der Waals surface area (Å²) in [5.41, 5.74) is 1.20. The number of piperidine rings is 1. The Bertz CT molecular complexity index is 370. The van der Waals surface area contributed by atoms with Crippen LogP contribution in [0.1, 0.15) is 18.5 Å². The van der Waals surface area contributed by atoms with Gasteiger partial charge in [-0.05, 0) is 31.5 Å². The molecule has 2 aliphatic heterocycles. The standard InChI is InChI=1S/C14H21N3O/c1-2-6-16-13(4-1)10-17-8-3-5-14(12-17)11-15-7-9-18-14/h1-2,4,6,15H,3,5,7-12H2/t14-/m0/s1. The highest BCUT2D eigenvalue weighted by Gasteiger charge is 2.37. The molecular formula is C14H21N3O. The lowest BCUT2D eigenvalue weighted by Crippen LogP contribution is -2.58. The lowest BCUT2D eigenvalue weighted by molar-refractivity contribution is -0.107. The molecule has 1 spiro atoms. The van der Waals surface area contributed by atoms with Crippen LogP contribution in [0.25, 0.3) is 0 Å². The van der Waals surface area contributed by atoms with Gasteiger partial charge in [-0.15, -0.1) is 0 Å². The van der Waals surface area contributed by atoms with Gasteiger partial charge >= 0.3 is 0 Å². The number of hydrogen-bond acceptors (Lipinski definition) is 4. The van der Waals surface area contributed by atoms with E-state index in [4.69, 9.17) is 4.74 Å². The number of rotatable bonds is 2. The van der Waals surface area contributed by atoms with Gasteiger partial charge in [-0.3, -0.25) is 9.88 Å². The van der Waals surface area contributed by atoms with E-state index in [0.29, 0.717) is 0 Å². The van der Waals surface area contributed by atoms with Gasteiger partial charge in [-0.1, -0.05) is 6.07 Å². The highest BCUT2D eigenvalue weighted by atomic mass is 16.5. The first kappa shape index (κ1) is 12.1. The smallest absolute Gasteiger partial charge is 0.0933 e. The summed E-state index contributed by atoms with van der Waals surface area (Å²) in [5.74, 6) is 0. The Morgan fingerprint density at radius 1 is 1.44 bits per heavy atom. The van der Waals surface area contributed by atoms with E-state index < -0.39 is 0 Å². The molecule has 2 saturated heterocycles. The van der Waals surface area contributed by atoms with E-state index in [1.54, 1.807) is 0 Å². The summed E-state index contributed by atoms with van der Waals surface area (Å²) in [7, 11) is 0. The molecule has 2 aliphatic rings. The van der Waals surface area contributed by atoms with Crippen molar-refractivity contribution in [2.45, 2.75) is 25.0 Å². The average molecular weight is 247 g/mol. The Kier molecular flexibility index (Phi) is 3.59. The molecule has 1 aromatic rings. The molecule has 0 aromatic carbocycles. The van der Waals surface area contributed by atoms with Crippen molar-refractivity contribution in [3.05, 3.63) is 30.1 Å². The van der Waals surface area contributed by atoms with E-state index in [1.807, 2.05) is 12.3 Å². The lowest BCUT2D eigenvalue weighted by Gasteiger charge is -2.45. The molecule has 18 heavy (non-hydrogen) atoms. The van der Waals surface area contributed by atoms with Crippen LogP contribution in [0.15, 0.2) is 24.4 Å². The van der Waals surface area contributed by atoms with Crippen molar-refractivity contribution in [3.8, 4) is 0 Å². The van der Waals surface area contributed by atoms with Crippen molar-refractivity contribution in [1.82, 2.24) is 15.2 Å². The van der Waals surface area contributed by atoms with Crippen LogP contribution in [0.2, 0.25) is 0 Å². The van der Waals surface area contributed by atoms with Crippen molar-refractivity contribution in [2.24, 2.45) is 0 Å². The first-order valence-electron chi connectivity index (χ1n) is 6.83. The zero-order chi connectivity index (χ0) is 12.3. The Morgan fingerprint density at radius 2 is 2.44 bits per heavy atom. The minimum absolute atomic E-state index is 0.0469. The third kappa shape index (κ3) is 2.71. The van der Waals surface area contributed by atoms with Crippen molar-refractivity contribution < 1.29 is 4.74 Å². The van der Waals surface area contributed by atoms with E-state index in [2.05, 4.69) is 27.3 Å². The maximum Gasteiger partial charge on any atom is 0.0933 e. The number of ether oxygens (including phenoxy) is 1. The lowest BCUT2D eigenvalue weighted by atomic mass is 9.91. The summed E-state index contributed by atoms with van der Waals surface area (Å²) < 4.78 is 6.05. The molecule has 0 amide bonds. The molecule has 0 radical (unpaired) electrons. The van der Waals surface area contributed by atoms with Crippen LogP contribution in [0.5, 0.6) is 0 Å². The molecule has 4 heteroatoms. The minimum Gasteiger partial charge on any atom is -0.371 e. The summed E-state index contributed by atoms with van der Waals surface area (Å²) in [4.78, 5) is 6.88. The van der Waals surface area contributed by atoms with E-state index in [0.717, 1.165) is 45.0 Å². The van der Waals surface area contributed by atoms with Crippen LogP contribution in [-0.2, 0) is 11.3 Å². The Hall–Kier alpha value is -0.970. The SMILES string of the molecule is c1ccc(CN2CCC[C@]3(CNCCO3)C2)nc1. The predicted octanol–water partition coefficient (Wildman–Crippen LogP) is 1.04. The molecule has 1 aromatic heterocycles. The molecule has 0 bridgehead atoms. The van der Waals surface area contributed by atoms with Gasteiger partial charge < -0.3 is 10.1 Å². The summed E-state index contributed by atoms with van der Waals surface area (Å²) >= 11 is 0. The second kappa shape index (κ2) is 5.34. The van der Waals surface area contributed by atoms with E-state index >= 15 is 0 Å². The van der Waals surface area contributed by atoms with Crippen LogP contribution in [-0.4, -0.2) is 48.3 Å². The largest absolute Gasteiger partial charge is 0.371 e. The number of pyridine rings is 1. The number of nitrogens with zero attached hydrogens (tertiary/aromatic N) is 2. The van der Waals surface area contributed by atoms with Crippen LogP contribution in [0.4, 0.5) is 0 Å². The molecule has 3 heterocycles. The highest BCUT2D eigenvalue weighted by Crippen LogP contribution is 2.26. The second-order valence-electron chi connectivity index (χ2n) is 5.34. The maximum atomic E-state index is 6.05. The van der Waals surface area contributed by atoms with E-state index in [1.165, 1.54) is 12.8 Å². The fraction of sp³-hybridized carbons (Fsp3) is 0.643. The summed E-state index contributed by atoms with van der Waals surface area (Å²) in [5, 5.41) is 3.46. The molecule has 0 aliphatic carbocycles. The van der Waals surface area contributed by atoms with E-state index in [-0.39, 0.29) is 5.60 Å². The van der Waals surface area contributed by atoms with Gasteiger partial charge in [0.15, 0.2) is 0 Å². The molecule has 0 saturated carbocycles. The van der Waals surface area contributed by atoms with Crippen molar-refractivity contribution >= 4 is 0 Å². The maximum absolute atomic E-state index is 6.05. The summed E-state index contributed by atoms with van der Waals surface area (Å²) in [6.07, 6.45) is 4.26. The normalized spacial score (nSPS) is 29.6. The van der Waals surface area contributed by atoms with Crippen LogP contribution >= 0.6 is 0 Å². The third-order valence-electron chi connectivity index (χ3n) is 3.86. The zero-order valence-electron chi connectivity index (χ0n) is 10.8. The van der Waals surface area contributed by atoms with Crippen LogP contribution in [0.3, 0.4) is 0 Å². The first-order chi connectivity index (χ1) is 8.86. The number of nitrogens with one attached hydrogen (secondary N) is 1. The quantitative estimate of drug-likeness (QED) is 0.847. The Balaban J connectivity index is 1.63. The predicted molar refractivity (Wildman–Crippen MR) is 70.3 cm³/mol. The van der Waals surface area contributed by atoms with Gasteiger partial charge in [0.25, 0.3) is 0 Å². The first-order valence-corrected chi connectivity index (χ1v) is 6.83. The van der Waals surface area contributed by atoms with Crippen molar-refractivity contribution in [2.75, 3.05) is 32.8 Å². The van der Waals surface area contributed by atoms with Crippen molar-refractivity contribution in [3.63, 3.8) is 0 Å². The molecule has 98 valence electrons. The molecule has 0 unspecified atom stereocenters. The third-order valence-corrected chi connectivity index (χ3v) is 3.86. The van der Waals surface area contributed by atoms with Crippen LogP contribution < -0.4 is 5.32 Å². The molecule has 1 N–H and O–H groups in total. The molecular weight excluding hydrogens is 226 g/mol. The second-order valence-corrected chi connectivity index (χ2v) is 5.34. The number of hydrogen-bond donors (Lipinski definition) is 1.